The molecular weight excluding hydrogens is 484 g/mol. The topological polar surface area (TPSA) is 0 Å². The Morgan fingerprint density at radius 3 is 1.75 bits per heavy atom. The van der Waals surface area contributed by atoms with Crippen molar-refractivity contribution in [3.05, 3.63) is 144 Å². The fourth-order valence-electron chi connectivity index (χ4n) is 6.59. The summed E-state index contributed by atoms with van der Waals surface area (Å²) in [5.74, 6) is 0. The largest absolute Gasteiger partial charge is 0.0630 e. The highest BCUT2D eigenvalue weighted by molar-refractivity contribution is 6.23. The normalized spacial score (nSPS) is 15.2. The van der Waals surface area contributed by atoms with Gasteiger partial charge in [-0.15, -0.1) is 0 Å². The van der Waals surface area contributed by atoms with Gasteiger partial charge in [0.2, 0.25) is 0 Å². The molecule has 0 N–H and O–H groups in total. The van der Waals surface area contributed by atoms with Crippen LogP contribution < -0.4 is 0 Å². The van der Waals surface area contributed by atoms with Crippen LogP contribution in [0.4, 0.5) is 0 Å². The Balaban J connectivity index is 0.000000123. The van der Waals surface area contributed by atoms with Crippen molar-refractivity contribution in [2.24, 2.45) is 0 Å². The first-order valence-corrected chi connectivity index (χ1v) is 13.6. The van der Waals surface area contributed by atoms with Crippen molar-refractivity contribution in [3.63, 3.8) is 0 Å². The van der Waals surface area contributed by atoms with E-state index in [1.807, 2.05) is 42.5 Å². The van der Waals surface area contributed by atoms with Gasteiger partial charge in [-0.05, 0) is 105 Å². The second kappa shape index (κ2) is 8.15. The first-order chi connectivity index (χ1) is 21.5. The Hall–Kier alpha value is -5.20. The average molecular weight is 513 g/mol. The molecule has 2 aliphatic rings. The van der Waals surface area contributed by atoms with E-state index in [0.29, 0.717) is 24.2 Å². The molecule has 8 aromatic carbocycles. The summed E-state index contributed by atoms with van der Waals surface area (Å²) in [7, 11) is 0. The van der Waals surface area contributed by atoms with Gasteiger partial charge in [0.05, 0.1) is 5.48 Å². The third-order valence-electron chi connectivity index (χ3n) is 8.40. The summed E-state index contributed by atoms with van der Waals surface area (Å²) in [6.45, 7) is 0. The highest BCUT2D eigenvalue weighted by atomic mass is 14.5. The summed E-state index contributed by atoms with van der Waals surface area (Å²) in [5.41, 5.74) is 3.60. The molecule has 0 aliphatic heterocycles. The van der Waals surface area contributed by atoms with Crippen molar-refractivity contribution < 1.29 is 5.48 Å². The predicted molar refractivity (Wildman–Crippen MR) is 176 cm³/mol. The number of rotatable bonds is 0. The van der Waals surface area contributed by atoms with Crippen LogP contribution in [0.3, 0.4) is 0 Å². The van der Waals surface area contributed by atoms with E-state index in [4.69, 9.17) is 5.48 Å². The van der Waals surface area contributed by atoms with E-state index in [1.54, 1.807) is 0 Å². The van der Waals surface area contributed by atoms with Crippen LogP contribution in [0.15, 0.2) is 121 Å². The first kappa shape index (κ1) is 18.2. The van der Waals surface area contributed by atoms with Gasteiger partial charge in [-0.2, -0.15) is 0 Å². The lowest BCUT2D eigenvalue weighted by atomic mass is 9.95. The van der Waals surface area contributed by atoms with Gasteiger partial charge >= 0.3 is 0 Å². The van der Waals surface area contributed by atoms with Gasteiger partial charge in [-0.3, -0.25) is 0 Å². The second-order valence-corrected chi connectivity index (χ2v) is 10.6. The molecule has 0 spiro atoms. The minimum atomic E-state index is 0.334. The van der Waals surface area contributed by atoms with Crippen molar-refractivity contribution in [1.29, 1.82) is 0 Å². The number of benzene rings is 8. The zero-order valence-electron chi connectivity index (χ0n) is 25.5. The fraction of sp³-hybridized carbons (Fsp3) is 0. The molecule has 0 unspecified atom stereocenters. The van der Waals surface area contributed by atoms with Gasteiger partial charge in [0.25, 0.3) is 0 Å². The van der Waals surface area contributed by atoms with E-state index in [9.17, 15) is 0 Å². The van der Waals surface area contributed by atoms with Crippen LogP contribution in [0.1, 0.15) is 27.7 Å². The zero-order chi connectivity index (χ0) is 29.7. The van der Waals surface area contributed by atoms with Gasteiger partial charge in [0.15, 0.2) is 0 Å². The van der Waals surface area contributed by atoms with Gasteiger partial charge in [-0.1, -0.05) is 127 Å². The highest BCUT2D eigenvalue weighted by Crippen LogP contribution is 2.41. The molecule has 2 aliphatic carbocycles. The van der Waals surface area contributed by atoms with E-state index in [-0.39, 0.29) is 0 Å². The lowest BCUT2D eigenvalue weighted by molar-refractivity contribution is 1.75. The van der Waals surface area contributed by atoms with Crippen LogP contribution >= 0.6 is 0 Å². The lowest BCUT2D eigenvalue weighted by Crippen LogP contribution is -1.84. The minimum absolute atomic E-state index is 0.334. The smallest absolute Gasteiger partial charge is 0.0616 e. The van der Waals surface area contributed by atoms with Crippen molar-refractivity contribution >= 4 is 88.8 Å². The number of hydrogen-bond donors (Lipinski definition) is 0. The first-order valence-electron chi connectivity index (χ1n) is 15.6. The van der Waals surface area contributed by atoms with Crippen LogP contribution in [-0.2, 0) is 0 Å². The Morgan fingerprint density at radius 1 is 0.325 bits per heavy atom. The highest BCUT2D eigenvalue weighted by Gasteiger charge is 2.16. The van der Waals surface area contributed by atoms with Gasteiger partial charge in [0, 0.05) is 0 Å². The van der Waals surface area contributed by atoms with E-state index in [1.165, 1.54) is 16.2 Å². The second-order valence-electron chi connectivity index (χ2n) is 10.6. The van der Waals surface area contributed by atoms with E-state index in [2.05, 4.69) is 78.9 Å². The van der Waals surface area contributed by atoms with Crippen LogP contribution in [0.2, 0.25) is 0 Å². The average Bonchev–Trinajstić information content (AvgIpc) is 3.48. The van der Waals surface area contributed by atoms with Crippen molar-refractivity contribution in [2.75, 3.05) is 0 Å². The maximum Gasteiger partial charge on any atom is 0.0630 e. The molecule has 0 nitrogen and oxygen atoms in total. The summed E-state index contributed by atoms with van der Waals surface area (Å²) < 4.78 is 33.4. The van der Waals surface area contributed by atoms with Crippen LogP contribution in [0, 0.1) is 0 Å². The molecule has 0 bridgehead atoms. The number of fused-ring (bicyclic) bond motifs is 8. The molecule has 0 radical (unpaired) electrons. The molecule has 0 fully saturated rings. The van der Waals surface area contributed by atoms with E-state index in [0.717, 1.165) is 70.7 Å². The molecular formula is C40H24. The van der Waals surface area contributed by atoms with Crippen molar-refractivity contribution in [2.45, 2.75) is 0 Å². The number of hydrogen-bond acceptors (Lipinski definition) is 0. The molecule has 0 saturated carbocycles. The third kappa shape index (κ3) is 3.02. The molecule has 0 aromatic heterocycles. The van der Waals surface area contributed by atoms with Gasteiger partial charge < -0.3 is 0 Å². The quantitative estimate of drug-likeness (QED) is 0.108. The van der Waals surface area contributed by atoms with Gasteiger partial charge in [0.1, 0.15) is 0 Å². The minimum Gasteiger partial charge on any atom is -0.0616 e. The standard InChI is InChI=1S/2C20H12/c1-4-8-17-13(5-1)11-15-9-10-18-16-7-3-2-6-14(16)12-19(17)20(15)18;1-2-7-16-13(4-1)8-10-17-18-11-9-14-5-3-6-15(20(14)18)12-19(16)17/h2*1-12H/i9+1D,10+1D;9+1D,11+1D. The Morgan fingerprint density at radius 2 is 0.925 bits per heavy atom. The zero-order valence-corrected chi connectivity index (χ0v) is 21.5. The van der Waals surface area contributed by atoms with Crippen molar-refractivity contribution in [1.82, 2.24) is 0 Å². The Kier molecular flexibility index (Phi) is 3.70. The summed E-state index contributed by atoms with van der Waals surface area (Å²) in [6, 6.07) is 42.8. The molecule has 0 heterocycles. The molecule has 40 heavy (non-hydrogen) atoms. The van der Waals surface area contributed by atoms with Gasteiger partial charge in [-0.25, -0.2) is 0 Å². The maximum absolute atomic E-state index is 8.42. The summed E-state index contributed by atoms with van der Waals surface area (Å²) in [5, 5.41) is 13.5. The molecule has 8 aromatic rings. The molecule has 0 amide bonds. The predicted octanol–water partition coefficient (Wildman–Crippen LogP) is 11.3. The van der Waals surface area contributed by atoms with E-state index >= 15 is 0 Å². The van der Waals surface area contributed by atoms with E-state index < -0.39 is 0 Å². The molecule has 184 valence electrons. The summed E-state index contributed by atoms with van der Waals surface area (Å²) in [6.07, 6.45) is 0. The SMILES string of the molecule is [2H][13C]1=[13C]([2H])c2c3ccc4ccccc4c3cc3cccc1c23.[2H][13C]1=[13C]([2H])c2c3ccccc3cc3c2c1cc1ccccc13. The lowest BCUT2D eigenvalue weighted by Gasteiger charge is -2.10. The van der Waals surface area contributed by atoms with Crippen LogP contribution in [-0.4, -0.2) is 0 Å². The monoisotopic (exact) mass is 512 g/mol. The fourth-order valence-corrected chi connectivity index (χ4v) is 6.59. The van der Waals surface area contributed by atoms with Crippen molar-refractivity contribution in [3.8, 4) is 0 Å². The Bertz CT molecular complexity index is 2640. The van der Waals surface area contributed by atoms with Crippen LogP contribution in [0.25, 0.3) is 88.8 Å². The molecule has 10 rings (SSSR count). The molecule has 0 saturated heterocycles. The molecule has 0 atom stereocenters. The summed E-state index contributed by atoms with van der Waals surface area (Å²) >= 11 is 0. The Labute approximate surface area is 237 Å². The molecule has 0 heteroatoms. The maximum atomic E-state index is 8.42. The third-order valence-corrected chi connectivity index (χ3v) is 8.40. The summed E-state index contributed by atoms with van der Waals surface area (Å²) in [4.78, 5) is 0. The van der Waals surface area contributed by atoms with Crippen LogP contribution in [0.5, 0.6) is 0 Å².